The lowest BCUT2D eigenvalue weighted by molar-refractivity contribution is 0.0665. The minimum absolute atomic E-state index is 0.0163. The predicted octanol–water partition coefficient (Wildman–Crippen LogP) is 6.40. The highest BCUT2D eigenvalue weighted by Crippen LogP contribution is 2.41. The zero-order valence-corrected chi connectivity index (χ0v) is 18.1. The van der Waals surface area contributed by atoms with E-state index in [1.807, 2.05) is 65.6 Å². The number of carbonyl (C=O) groups excluding carboxylic acids is 1. The average molecular weight is 423 g/mol. The van der Waals surface area contributed by atoms with E-state index in [0.717, 1.165) is 39.8 Å². The maximum Gasteiger partial charge on any atom is 0.258 e. The van der Waals surface area contributed by atoms with Gasteiger partial charge in [-0.15, -0.1) is 0 Å². The van der Waals surface area contributed by atoms with Gasteiger partial charge in [0, 0.05) is 17.8 Å². The van der Waals surface area contributed by atoms with Crippen LogP contribution >= 0.6 is 0 Å². The van der Waals surface area contributed by atoms with Gasteiger partial charge in [-0.05, 0) is 41.0 Å². The van der Waals surface area contributed by atoms with Crippen LogP contribution in [0.1, 0.15) is 41.0 Å². The molecule has 32 heavy (non-hydrogen) atoms. The number of hydrogen-bond acceptors (Lipinski definition) is 3. The zero-order chi connectivity index (χ0) is 21.9. The van der Waals surface area contributed by atoms with Gasteiger partial charge in [-0.2, -0.15) is 0 Å². The molecule has 1 amide bonds. The standard InChI is InChI=1S/C28H26N2O2/c1-2-18-32-25-17-16-21-12-6-7-13-22(21)26(25)27-29-24-15-9-8-14-23(24)28(31)30(27)19-20-10-4-3-5-11-20/h3-17,27,29H,2,18-19H2,1H3. The molecule has 4 aromatic rings. The number of carbonyl (C=O) groups is 1. The van der Waals surface area contributed by atoms with E-state index in [-0.39, 0.29) is 12.1 Å². The summed E-state index contributed by atoms with van der Waals surface area (Å²) in [6, 6.07) is 30.2. The first-order valence-electron chi connectivity index (χ1n) is 11.1. The third-order valence-electron chi connectivity index (χ3n) is 5.88. The number of anilines is 1. The Kier molecular flexibility index (Phi) is 5.51. The summed E-state index contributed by atoms with van der Waals surface area (Å²) >= 11 is 0. The van der Waals surface area contributed by atoms with Crippen molar-refractivity contribution in [1.82, 2.24) is 4.90 Å². The van der Waals surface area contributed by atoms with Crippen LogP contribution in [-0.2, 0) is 6.54 Å². The smallest absolute Gasteiger partial charge is 0.258 e. The number of amides is 1. The molecular formula is C28H26N2O2. The maximum absolute atomic E-state index is 13.7. The minimum atomic E-state index is -0.351. The van der Waals surface area contributed by atoms with E-state index >= 15 is 0 Å². The number of para-hydroxylation sites is 1. The van der Waals surface area contributed by atoms with Gasteiger partial charge in [0.05, 0.1) is 12.2 Å². The van der Waals surface area contributed by atoms with E-state index in [1.54, 1.807) is 0 Å². The van der Waals surface area contributed by atoms with Gasteiger partial charge in [0.25, 0.3) is 5.91 Å². The molecule has 0 bridgehead atoms. The van der Waals surface area contributed by atoms with Crippen molar-refractivity contribution in [3.63, 3.8) is 0 Å². The van der Waals surface area contributed by atoms with Crippen molar-refractivity contribution in [2.75, 3.05) is 11.9 Å². The van der Waals surface area contributed by atoms with Crippen LogP contribution in [-0.4, -0.2) is 17.4 Å². The van der Waals surface area contributed by atoms with Gasteiger partial charge >= 0.3 is 0 Å². The molecule has 1 aliphatic rings. The molecule has 0 spiro atoms. The Morgan fingerprint density at radius 1 is 0.875 bits per heavy atom. The molecule has 0 fully saturated rings. The fraction of sp³-hybridized carbons (Fsp3) is 0.179. The largest absolute Gasteiger partial charge is 0.493 e. The summed E-state index contributed by atoms with van der Waals surface area (Å²) in [5, 5.41) is 5.86. The van der Waals surface area contributed by atoms with Crippen LogP contribution in [0.3, 0.4) is 0 Å². The number of nitrogens with zero attached hydrogens (tertiary/aromatic N) is 1. The van der Waals surface area contributed by atoms with Crippen LogP contribution in [0.2, 0.25) is 0 Å². The van der Waals surface area contributed by atoms with Crippen LogP contribution in [0.15, 0.2) is 91.0 Å². The number of nitrogens with one attached hydrogen (secondary N) is 1. The van der Waals surface area contributed by atoms with Crippen LogP contribution in [0.5, 0.6) is 5.75 Å². The minimum Gasteiger partial charge on any atom is -0.493 e. The molecule has 1 atom stereocenters. The monoisotopic (exact) mass is 422 g/mol. The molecule has 0 saturated heterocycles. The van der Waals surface area contributed by atoms with Crippen LogP contribution < -0.4 is 10.1 Å². The van der Waals surface area contributed by atoms with E-state index in [0.29, 0.717) is 18.7 Å². The van der Waals surface area contributed by atoms with Gasteiger partial charge in [0.2, 0.25) is 0 Å². The molecule has 4 heteroatoms. The van der Waals surface area contributed by atoms with Crippen molar-refractivity contribution in [3.05, 3.63) is 108 Å². The maximum atomic E-state index is 13.7. The first-order valence-corrected chi connectivity index (χ1v) is 11.1. The summed E-state index contributed by atoms with van der Waals surface area (Å²) in [7, 11) is 0. The molecule has 4 nitrogen and oxygen atoms in total. The lowest BCUT2D eigenvalue weighted by Crippen LogP contribution is -2.42. The third-order valence-corrected chi connectivity index (χ3v) is 5.88. The molecule has 5 rings (SSSR count). The van der Waals surface area contributed by atoms with Gasteiger partial charge in [-0.25, -0.2) is 0 Å². The lowest BCUT2D eigenvalue weighted by Gasteiger charge is -2.39. The molecule has 1 unspecified atom stereocenters. The Morgan fingerprint density at radius 2 is 1.62 bits per heavy atom. The van der Waals surface area contributed by atoms with E-state index in [9.17, 15) is 4.79 Å². The van der Waals surface area contributed by atoms with Gasteiger partial charge in [0.1, 0.15) is 11.9 Å². The van der Waals surface area contributed by atoms with Crippen molar-refractivity contribution < 1.29 is 9.53 Å². The van der Waals surface area contributed by atoms with Crippen molar-refractivity contribution in [2.45, 2.75) is 26.1 Å². The van der Waals surface area contributed by atoms with Crippen LogP contribution in [0.25, 0.3) is 10.8 Å². The molecule has 0 aliphatic carbocycles. The number of benzene rings is 4. The van der Waals surface area contributed by atoms with E-state index in [2.05, 4.69) is 42.6 Å². The Labute approximate surface area is 188 Å². The second-order valence-electron chi connectivity index (χ2n) is 8.06. The summed E-state index contributed by atoms with van der Waals surface area (Å²) in [6.07, 6.45) is 0.565. The Hall–Kier alpha value is -3.79. The second kappa shape index (κ2) is 8.75. The molecule has 4 aromatic carbocycles. The average Bonchev–Trinajstić information content (AvgIpc) is 2.85. The normalized spacial score (nSPS) is 15.3. The number of hydrogen-bond donors (Lipinski definition) is 1. The molecular weight excluding hydrogens is 396 g/mol. The first-order chi connectivity index (χ1) is 15.8. The van der Waals surface area contributed by atoms with E-state index < -0.39 is 0 Å². The lowest BCUT2D eigenvalue weighted by atomic mass is 9.97. The molecule has 1 heterocycles. The van der Waals surface area contributed by atoms with Crippen molar-refractivity contribution in [1.29, 1.82) is 0 Å². The SMILES string of the molecule is CCCOc1ccc2ccccc2c1C1Nc2ccccc2C(=O)N1Cc1ccccc1. The summed E-state index contributed by atoms with van der Waals surface area (Å²) in [5.74, 6) is 0.830. The second-order valence-corrected chi connectivity index (χ2v) is 8.06. The summed E-state index contributed by atoms with van der Waals surface area (Å²) in [4.78, 5) is 15.6. The van der Waals surface area contributed by atoms with Gasteiger partial charge in [0.15, 0.2) is 0 Å². The summed E-state index contributed by atoms with van der Waals surface area (Å²) < 4.78 is 6.19. The molecule has 160 valence electrons. The van der Waals surface area contributed by atoms with Gasteiger partial charge in [-0.1, -0.05) is 79.7 Å². The quantitative estimate of drug-likeness (QED) is 0.391. The Balaban J connectivity index is 1.69. The number of rotatable bonds is 6. The van der Waals surface area contributed by atoms with Crippen LogP contribution in [0, 0.1) is 0 Å². The predicted molar refractivity (Wildman–Crippen MR) is 129 cm³/mol. The van der Waals surface area contributed by atoms with E-state index in [1.165, 1.54) is 0 Å². The topological polar surface area (TPSA) is 41.6 Å². The molecule has 1 aliphatic heterocycles. The van der Waals surface area contributed by atoms with Crippen molar-refractivity contribution in [2.24, 2.45) is 0 Å². The molecule has 0 aromatic heterocycles. The summed E-state index contributed by atoms with van der Waals surface area (Å²) in [6.45, 7) is 3.23. The zero-order valence-electron chi connectivity index (χ0n) is 18.1. The molecule has 1 N–H and O–H groups in total. The first kappa shape index (κ1) is 20.1. The molecule has 0 radical (unpaired) electrons. The number of fused-ring (bicyclic) bond motifs is 2. The fourth-order valence-corrected chi connectivity index (χ4v) is 4.36. The Bertz CT molecular complexity index is 1250. The van der Waals surface area contributed by atoms with Gasteiger partial charge < -0.3 is 15.0 Å². The number of ether oxygens (including phenoxy) is 1. The fourth-order valence-electron chi connectivity index (χ4n) is 4.36. The summed E-state index contributed by atoms with van der Waals surface area (Å²) in [5.41, 5.74) is 3.62. The highest BCUT2D eigenvalue weighted by molar-refractivity contribution is 6.02. The highest BCUT2D eigenvalue weighted by Gasteiger charge is 2.35. The van der Waals surface area contributed by atoms with Crippen LogP contribution in [0.4, 0.5) is 5.69 Å². The van der Waals surface area contributed by atoms with E-state index in [4.69, 9.17) is 4.74 Å². The Morgan fingerprint density at radius 3 is 2.47 bits per heavy atom. The molecule has 0 saturated carbocycles. The van der Waals surface area contributed by atoms with Crippen molar-refractivity contribution >= 4 is 22.4 Å². The third kappa shape index (κ3) is 3.69. The van der Waals surface area contributed by atoms with Gasteiger partial charge in [-0.3, -0.25) is 4.79 Å². The highest BCUT2D eigenvalue weighted by atomic mass is 16.5. The van der Waals surface area contributed by atoms with Crippen molar-refractivity contribution in [3.8, 4) is 5.75 Å².